The molecule has 0 aromatic carbocycles. The van der Waals surface area contributed by atoms with Crippen LogP contribution < -0.4 is 0 Å². The first-order valence-electron chi connectivity index (χ1n) is 2.49. The van der Waals surface area contributed by atoms with Crippen molar-refractivity contribution in [2.24, 2.45) is 0 Å². The topological polar surface area (TPSA) is 46.5 Å². The van der Waals surface area contributed by atoms with Gasteiger partial charge in [0.2, 0.25) is 0 Å². The number of allylic oxidation sites excluding steroid dienone is 1. The number of carbonyl (C=O) groups is 1. The molecular formula is C5H6O3S. The molecule has 0 radical (unpaired) electrons. The largest absolute Gasteiger partial charge is 0.474 e. The molecule has 0 spiro atoms. The SMILES string of the molecule is O=CC1=CCC(SO)O1. The molecule has 0 aromatic heterocycles. The Labute approximate surface area is 56.9 Å². The van der Waals surface area contributed by atoms with Gasteiger partial charge in [-0.3, -0.25) is 4.79 Å². The molecule has 0 bridgehead atoms. The van der Waals surface area contributed by atoms with E-state index in [1.807, 2.05) is 0 Å². The minimum Gasteiger partial charge on any atom is -0.474 e. The van der Waals surface area contributed by atoms with Crippen LogP contribution in [0.15, 0.2) is 11.8 Å². The quantitative estimate of drug-likeness (QED) is 0.466. The molecule has 1 atom stereocenters. The van der Waals surface area contributed by atoms with Crippen LogP contribution in [0, 0.1) is 0 Å². The van der Waals surface area contributed by atoms with Gasteiger partial charge in [-0.05, 0) is 6.08 Å². The standard InChI is InChI=1S/C5H6O3S/c6-3-4-1-2-5(8-4)9-7/h1,3,5,7H,2H2. The van der Waals surface area contributed by atoms with Crippen molar-refractivity contribution < 1.29 is 14.1 Å². The van der Waals surface area contributed by atoms with Gasteiger partial charge in [0.25, 0.3) is 0 Å². The predicted molar refractivity (Wildman–Crippen MR) is 33.9 cm³/mol. The Balaban J connectivity index is 2.39. The molecule has 0 saturated heterocycles. The van der Waals surface area contributed by atoms with Crippen molar-refractivity contribution in [2.45, 2.75) is 11.9 Å². The highest BCUT2D eigenvalue weighted by atomic mass is 32.2. The van der Waals surface area contributed by atoms with Crippen molar-refractivity contribution in [3.63, 3.8) is 0 Å². The first kappa shape index (κ1) is 6.64. The molecule has 4 heteroatoms. The van der Waals surface area contributed by atoms with E-state index < -0.39 is 0 Å². The minimum atomic E-state index is -0.273. The van der Waals surface area contributed by atoms with Crippen molar-refractivity contribution in [3.05, 3.63) is 11.8 Å². The van der Waals surface area contributed by atoms with E-state index in [0.29, 0.717) is 30.5 Å². The molecule has 1 N–H and O–H groups in total. The van der Waals surface area contributed by atoms with E-state index in [-0.39, 0.29) is 5.44 Å². The average molecular weight is 146 g/mol. The number of rotatable bonds is 2. The van der Waals surface area contributed by atoms with Crippen LogP contribution in [-0.2, 0) is 9.53 Å². The Kier molecular flexibility index (Phi) is 2.13. The van der Waals surface area contributed by atoms with Crippen LogP contribution in [0.1, 0.15) is 6.42 Å². The number of aldehydes is 1. The second-order valence-corrected chi connectivity index (χ2v) is 2.35. The molecule has 0 fully saturated rings. The van der Waals surface area contributed by atoms with Crippen molar-refractivity contribution in [1.82, 2.24) is 0 Å². The summed E-state index contributed by atoms with van der Waals surface area (Å²) in [5, 5.41) is 0. The third-order valence-corrected chi connectivity index (χ3v) is 1.54. The number of hydrogen-bond acceptors (Lipinski definition) is 4. The molecule has 1 heterocycles. The van der Waals surface area contributed by atoms with Crippen molar-refractivity contribution in [2.75, 3.05) is 0 Å². The van der Waals surface area contributed by atoms with E-state index in [1.54, 1.807) is 6.08 Å². The average Bonchev–Trinajstić information content (AvgIpc) is 2.34. The first-order chi connectivity index (χ1) is 4.36. The van der Waals surface area contributed by atoms with Crippen molar-refractivity contribution in [3.8, 4) is 0 Å². The molecule has 50 valence electrons. The van der Waals surface area contributed by atoms with E-state index in [9.17, 15) is 4.79 Å². The Morgan fingerprint density at radius 1 is 2.00 bits per heavy atom. The molecule has 0 aromatic rings. The lowest BCUT2D eigenvalue weighted by Gasteiger charge is -2.03. The van der Waals surface area contributed by atoms with Gasteiger partial charge in [-0.15, -0.1) is 0 Å². The van der Waals surface area contributed by atoms with Crippen LogP contribution in [0.2, 0.25) is 0 Å². The van der Waals surface area contributed by atoms with Crippen LogP contribution >= 0.6 is 12.0 Å². The fourth-order valence-corrected chi connectivity index (χ4v) is 0.937. The maximum absolute atomic E-state index is 9.98. The highest BCUT2D eigenvalue weighted by molar-refractivity contribution is 7.94. The van der Waals surface area contributed by atoms with Crippen molar-refractivity contribution in [1.29, 1.82) is 0 Å². The van der Waals surface area contributed by atoms with Crippen LogP contribution in [-0.4, -0.2) is 16.3 Å². The normalized spacial score (nSPS) is 25.0. The summed E-state index contributed by atoms with van der Waals surface area (Å²) in [6.45, 7) is 0. The first-order valence-corrected chi connectivity index (χ1v) is 3.32. The zero-order valence-corrected chi connectivity index (χ0v) is 5.43. The summed E-state index contributed by atoms with van der Waals surface area (Å²) in [6, 6.07) is 0. The van der Waals surface area contributed by atoms with Gasteiger partial charge in [0.15, 0.2) is 17.5 Å². The Hall–Kier alpha value is -0.480. The maximum Gasteiger partial charge on any atom is 0.184 e. The van der Waals surface area contributed by atoms with Crippen LogP contribution in [0.4, 0.5) is 0 Å². The lowest BCUT2D eigenvalue weighted by molar-refractivity contribution is -0.107. The molecule has 1 rings (SSSR count). The highest BCUT2D eigenvalue weighted by Crippen LogP contribution is 2.22. The molecule has 1 aliphatic rings. The maximum atomic E-state index is 9.98. The summed E-state index contributed by atoms with van der Waals surface area (Å²) in [5.74, 6) is 0.321. The predicted octanol–water partition coefficient (Wildman–Crippen LogP) is 1.02. The van der Waals surface area contributed by atoms with E-state index in [4.69, 9.17) is 9.29 Å². The Bertz CT molecular complexity index is 143. The molecular weight excluding hydrogens is 140 g/mol. The van der Waals surface area contributed by atoms with E-state index in [1.165, 1.54) is 0 Å². The minimum absolute atomic E-state index is 0.273. The second kappa shape index (κ2) is 2.89. The monoisotopic (exact) mass is 146 g/mol. The van der Waals surface area contributed by atoms with E-state index in [0.717, 1.165) is 0 Å². The van der Waals surface area contributed by atoms with Gasteiger partial charge in [-0.2, -0.15) is 0 Å². The Morgan fingerprint density at radius 3 is 3.11 bits per heavy atom. The zero-order valence-electron chi connectivity index (χ0n) is 4.61. The summed E-state index contributed by atoms with van der Waals surface area (Å²) < 4.78 is 13.3. The summed E-state index contributed by atoms with van der Waals surface area (Å²) in [6.07, 6.45) is 2.90. The van der Waals surface area contributed by atoms with Gasteiger partial charge >= 0.3 is 0 Å². The number of hydrogen-bond donors (Lipinski definition) is 1. The van der Waals surface area contributed by atoms with Crippen LogP contribution in [0.3, 0.4) is 0 Å². The molecule has 3 nitrogen and oxygen atoms in total. The van der Waals surface area contributed by atoms with E-state index in [2.05, 4.69) is 0 Å². The zero-order chi connectivity index (χ0) is 6.69. The third kappa shape index (κ3) is 1.46. The number of carbonyl (C=O) groups excluding carboxylic acids is 1. The smallest absolute Gasteiger partial charge is 0.184 e. The van der Waals surface area contributed by atoms with Gasteiger partial charge in [0.1, 0.15) is 0 Å². The molecule has 9 heavy (non-hydrogen) atoms. The lowest BCUT2D eigenvalue weighted by Crippen LogP contribution is -1.98. The summed E-state index contributed by atoms with van der Waals surface area (Å²) >= 11 is 0.618. The third-order valence-electron chi connectivity index (χ3n) is 1.01. The number of ether oxygens (including phenoxy) is 1. The molecule has 1 unspecified atom stereocenters. The van der Waals surface area contributed by atoms with Crippen molar-refractivity contribution >= 4 is 18.3 Å². The second-order valence-electron chi connectivity index (χ2n) is 1.61. The van der Waals surface area contributed by atoms with Crippen LogP contribution in [0.5, 0.6) is 0 Å². The Morgan fingerprint density at radius 2 is 2.78 bits per heavy atom. The van der Waals surface area contributed by atoms with Gasteiger partial charge < -0.3 is 9.29 Å². The van der Waals surface area contributed by atoms with E-state index >= 15 is 0 Å². The van der Waals surface area contributed by atoms with Crippen LogP contribution in [0.25, 0.3) is 0 Å². The molecule has 0 amide bonds. The fraction of sp³-hybridized carbons (Fsp3) is 0.400. The molecule has 0 aliphatic carbocycles. The van der Waals surface area contributed by atoms with Gasteiger partial charge in [-0.1, -0.05) is 0 Å². The molecule has 0 saturated carbocycles. The summed E-state index contributed by atoms with van der Waals surface area (Å²) in [5.41, 5.74) is -0.273. The van der Waals surface area contributed by atoms with Gasteiger partial charge in [0, 0.05) is 18.5 Å². The fourth-order valence-electron chi connectivity index (χ4n) is 0.601. The highest BCUT2D eigenvalue weighted by Gasteiger charge is 2.16. The van der Waals surface area contributed by atoms with Gasteiger partial charge in [-0.25, -0.2) is 0 Å². The summed E-state index contributed by atoms with van der Waals surface area (Å²) in [7, 11) is 0. The lowest BCUT2D eigenvalue weighted by atomic mass is 10.4. The summed E-state index contributed by atoms with van der Waals surface area (Å²) in [4.78, 5) is 9.98. The van der Waals surface area contributed by atoms with Gasteiger partial charge in [0.05, 0.1) is 0 Å². The molecule has 1 aliphatic heterocycles.